The number of fused-ring (bicyclic) bond motifs is 1. The fraction of sp³-hybridized carbons (Fsp3) is 0.333. The molecule has 0 amide bonds. The van der Waals surface area contributed by atoms with Gasteiger partial charge in [0.2, 0.25) is 12.0 Å². The largest absolute Gasteiger partial charge is 0.492 e. The minimum atomic E-state index is -1.78. The number of benzene rings is 2. The first-order chi connectivity index (χ1) is 16.8. The number of hydrogen-bond acceptors (Lipinski definition) is 11. The van der Waals surface area contributed by atoms with Crippen LogP contribution in [-0.4, -0.2) is 73.3 Å². The van der Waals surface area contributed by atoms with Crippen LogP contribution >= 0.6 is 0 Å². The van der Waals surface area contributed by atoms with E-state index in [2.05, 4.69) is 4.74 Å². The molecule has 0 bridgehead atoms. The van der Waals surface area contributed by atoms with Crippen LogP contribution < -0.4 is 19.6 Å². The van der Waals surface area contributed by atoms with Gasteiger partial charge in [0.05, 0.1) is 21.3 Å². The second-order valence-electron chi connectivity index (χ2n) is 7.69. The van der Waals surface area contributed by atoms with Gasteiger partial charge in [-0.25, -0.2) is 4.79 Å². The topological polar surface area (TPSA) is 154 Å². The molecule has 5 atom stereocenters. The van der Waals surface area contributed by atoms with Gasteiger partial charge < -0.3 is 43.4 Å². The highest BCUT2D eigenvalue weighted by Crippen LogP contribution is 2.44. The van der Waals surface area contributed by atoms with Gasteiger partial charge in [-0.2, -0.15) is 0 Å². The summed E-state index contributed by atoms with van der Waals surface area (Å²) in [5.74, 6) is -0.783. The molecule has 1 aliphatic heterocycles. The van der Waals surface area contributed by atoms with Crippen LogP contribution in [0.2, 0.25) is 0 Å². The molecule has 0 saturated carbocycles. The Morgan fingerprint density at radius 2 is 1.60 bits per heavy atom. The Labute approximate surface area is 199 Å². The molecule has 1 aromatic heterocycles. The lowest BCUT2D eigenvalue weighted by atomic mass is 9.99. The molecular formula is C24H24O11. The SMILES string of the molecule is COC(=O)[C@H]1O[C@@H](Oc2cc3oc(-c4ccccc4)cc(=O)c3c(OC)c2OC)[C@H](O)[C@@H](O)[C@@H]1O. The van der Waals surface area contributed by atoms with Crippen molar-refractivity contribution in [2.24, 2.45) is 0 Å². The summed E-state index contributed by atoms with van der Waals surface area (Å²) < 4.78 is 32.5. The summed E-state index contributed by atoms with van der Waals surface area (Å²) in [6.45, 7) is 0. The van der Waals surface area contributed by atoms with Crippen LogP contribution in [0.1, 0.15) is 0 Å². The van der Waals surface area contributed by atoms with Crippen LogP contribution in [0, 0.1) is 0 Å². The van der Waals surface area contributed by atoms with Crippen LogP contribution in [0.25, 0.3) is 22.3 Å². The van der Waals surface area contributed by atoms with Gasteiger partial charge >= 0.3 is 5.97 Å². The Morgan fingerprint density at radius 1 is 0.914 bits per heavy atom. The molecule has 11 heteroatoms. The molecule has 3 N–H and O–H groups in total. The fourth-order valence-electron chi connectivity index (χ4n) is 3.85. The van der Waals surface area contributed by atoms with Gasteiger partial charge in [-0.05, 0) is 0 Å². The monoisotopic (exact) mass is 488 g/mol. The van der Waals surface area contributed by atoms with Gasteiger partial charge in [0.1, 0.15) is 35.0 Å². The summed E-state index contributed by atoms with van der Waals surface area (Å²) in [5, 5.41) is 30.8. The third-order valence-corrected chi connectivity index (χ3v) is 5.61. The average Bonchev–Trinajstić information content (AvgIpc) is 2.87. The molecule has 11 nitrogen and oxygen atoms in total. The molecule has 3 aromatic rings. The quantitative estimate of drug-likeness (QED) is 0.423. The summed E-state index contributed by atoms with van der Waals surface area (Å²) in [5.41, 5.74) is 0.345. The van der Waals surface area contributed by atoms with E-state index in [-0.39, 0.29) is 28.2 Å². The lowest BCUT2D eigenvalue weighted by Crippen LogP contribution is -2.61. The van der Waals surface area contributed by atoms with Crippen LogP contribution in [-0.2, 0) is 14.3 Å². The summed E-state index contributed by atoms with van der Waals surface area (Å²) in [7, 11) is 3.71. The molecule has 2 aromatic carbocycles. The van der Waals surface area contributed by atoms with Crippen molar-refractivity contribution in [3.05, 3.63) is 52.7 Å². The van der Waals surface area contributed by atoms with Crippen LogP contribution in [0.4, 0.5) is 0 Å². The maximum atomic E-state index is 13.0. The van der Waals surface area contributed by atoms with Gasteiger partial charge in [0, 0.05) is 17.7 Å². The molecule has 0 spiro atoms. The van der Waals surface area contributed by atoms with Crippen molar-refractivity contribution in [1.82, 2.24) is 0 Å². The number of aliphatic hydroxyl groups is 3. The molecule has 1 saturated heterocycles. The highest BCUT2D eigenvalue weighted by Gasteiger charge is 2.48. The van der Waals surface area contributed by atoms with E-state index >= 15 is 0 Å². The number of rotatable bonds is 6. The minimum absolute atomic E-state index is 0.00348. The Bertz CT molecular complexity index is 1270. The van der Waals surface area contributed by atoms with Crippen molar-refractivity contribution < 1.29 is 48.2 Å². The summed E-state index contributed by atoms with van der Waals surface area (Å²) >= 11 is 0. The molecule has 4 rings (SSSR count). The highest BCUT2D eigenvalue weighted by molar-refractivity contribution is 5.90. The van der Waals surface area contributed by atoms with Gasteiger partial charge in [0.25, 0.3) is 0 Å². The van der Waals surface area contributed by atoms with Crippen molar-refractivity contribution in [2.75, 3.05) is 21.3 Å². The Hall–Kier alpha value is -3.64. The van der Waals surface area contributed by atoms with E-state index in [1.54, 1.807) is 24.3 Å². The molecule has 0 radical (unpaired) electrons. The van der Waals surface area contributed by atoms with E-state index in [1.165, 1.54) is 26.4 Å². The number of ether oxygens (including phenoxy) is 5. The molecular weight excluding hydrogens is 464 g/mol. The number of methoxy groups -OCH3 is 3. The van der Waals surface area contributed by atoms with Crippen molar-refractivity contribution in [2.45, 2.75) is 30.7 Å². The van der Waals surface area contributed by atoms with Crippen LogP contribution in [0.15, 0.2) is 51.7 Å². The Balaban J connectivity index is 1.82. The molecule has 2 heterocycles. The number of esters is 1. The average molecular weight is 488 g/mol. The van der Waals surface area contributed by atoms with E-state index in [1.807, 2.05) is 6.07 Å². The molecule has 35 heavy (non-hydrogen) atoms. The van der Waals surface area contributed by atoms with E-state index in [0.29, 0.717) is 11.3 Å². The minimum Gasteiger partial charge on any atom is -0.492 e. The van der Waals surface area contributed by atoms with Crippen LogP contribution in [0.3, 0.4) is 0 Å². The molecule has 0 aliphatic carbocycles. The van der Waals surface area contributed by atoms with E-state index in [4.69, 9.17) is 23.4 Å². The Kier molecular flexibility index (Phi) is 6.94. The molecule has 1 aliphatic rings. The van der Waals surface area contributed by atoms with Crippen molar-refractivity contribution >= 4 is 16.9 Å². The first kappa shape index (κ1) is 24.5. The van der Waals surface area contributed by atoms with E-state index in [0.717, 1.165) is 7.11 Å². The zero-order valence-electron chi connectivity index (χ0n) is 19.0. The highest BCUT2D eigenvalue weighted by atomic mass is 16.7. The standard InChI is InChI=1S/C24H24O11/c1-30-20-15(34-24-19(28)17(26)18(27)22(35-24)23(29)32-3)10-14-16(21(20)31-2)12(25)9-13(33-14)11-7-5-4-6-8-11/h4-10,17-19,22,24,26-28H,1-3H3/t17-,18-,19+,22-,24+/m0/s1. The second-order valence-corrected chi connectivity index (χ2v) is 7.69. The number of hydrogen-bond donors (Lipinski definition) is 3. The second kappa shape index (κ2) is 9.92. The van der Waals surface area contributed by atoms with E-state index < -0.39 is 42.1 Å². The first-order valence-corrected chi connectivity index (χ1v) is 10.5. The van der Waals surface area contributed by atoms with Crippen LogP contribution in [0.5, 0.6) is 17.2 Å². The van der Waals surface area contributed by atoms with Gasteiger partial charge in [-0.15, -0.1) is 0 Å². The van der Waals surface area contributed by atoms with Crippen molar-refractivity contribution in [3.8, 4) is 28.6 Å². The van der Waals surface area contributed by atoms with Gasteiger partial charge in [0.15, 0.2) is 23.0 Å². The zero-order valence-corrected chi connectivity index (χ0v) is 19.0. The first-order valence-electron chi connectivity index (χ1n) is 10.5. The van der Waals surface area contributed by atoms with Gasteiger partial charge in [-0.1, -0.05) is 30.3 Å². The Morgan fingerprint density at radius 3 is 2.23 bits per heavy atom. The fourth-order valence-corrected chi connectivity index (χ4v) is 3.85. The number of aliphatic hydroxyl groups excluding tert-OH is 3. The third-order valence-electron chi connectivity index (χ3n) is 5.61. The smallest absolute Gasteiger partial charge is 0.337 e. The van der Waals surface area contributed by atoms with E-state index in [9.17, 15) is 24.9 Å². The maximum absolute atomic E-state index is 13.0. The predicted molar refractivity (Wildman–Crippen MR) is 120 cm³/mol. The summed E-state index contributed by atoms with van der Waals surface area (Å²) in [6.07, 6.45) is -8.54. The molecule has 0 unspecified atom stereocenters. The van der Waals surface area contributed by atoms with Crippen molar-refractivity contribution in [1.29, 1.82) is 0 Å². The van der Waals surface area contributed by atoms with Crippen molar-refractivity contribution in [3.63, 3.8) is 0 Å². The number of carbonyl (C=O) groups is 1. The molecule has 1 fully saturated rings. The lowest BCUT2D eigenvalue weighted by molar-refractivity contribution is -0.272. The number of carbonyl (C=O) groups excluding carboxylic acids is 1. The lowest BCUT2D eigenvalue weighted by Gasteiger charge is -2.39. The zero-order chi connectivity index (χ0) is 25.3. The summed E-state index contributed by atoms with van der Waals surface area (Å²) in [6, 6.07) is 11.6. The maximum Gasteiger partial charge on any atom is 0.337 e. The summed E-state index contributed by atoms with van der Waals surface area (Å²) in [4.78, 5) is 25.0. The molecule has 186 valence electrons. The third kappa shape index (κ3) is 4.42. The normalized spacial score (nSPS) is 24.1. The van der Waals surface area contributed by atoms with Gasteiger partial charge in [-0.3, -0.25) is 4.79 Å². The predicted octanol–water partition coefficient (Wildman–Crippen LogP) is 0.837.